The fraction of sp³-hybridized carbons (Fsp3) is 0.393. The van der Waals surface area contributed by atoms with Crippen molar-refractivity contribution in [3.63, 3.8) is 0 Å². The molecule has 2 aromatic carbocycles. The molecule has 37 heavy (non-hydrogen) atoms. The molecule has 0 saturated heterocycles. The molecule has 0 aliphatic carbocycles. The Labute approximate surface area is 232 Å². The van der Waals surface area contributed by atoms with Gasteiger partial charge in [-0.3, -0.25) is 4.79 Å². The number of carbonyl (C=O) groups excluding carboxylic acids is 1. The zero-order chi connectivity index (χ0) is 27.3. The number of esters is 1. The van der Waals surface area contributed by atoms with Gasteiger partial charge < -0.3 is 15.2 Å². The fourth-order valence-electron chi connectivity index (χ4n) is 3.76. The quantitative estimate of drug-likeness (QED) is 0.247. The first-order valence-corrected chi connectivity index (χ1v) is 13.6. The van der Waals surface area contributed by atoms with Gasteiger partial charge in [0.25, 0.3) is 0 Å². The number of carboxylic acids is 1. The molecule has 1 unspecified atom stereocenters. The number of aromatic carboxylic acids is 1. The monoisotopic (exact) mass is 562 g/mol. The van der Waals surface area contributed by atoms with E-state index in [4.69, 9.17) is 32.9 Å². The van der Waals surface area contributed by atoms with Crippen molar-refractivity contribution in [2.45, 2.75) is 53.1 Å². The molecule has 0 saturated carbocycles. The minimum absolute atomic E-state index is 0.179. The number of ether oxygens (including phenoxy) is 1. The first-order valence-electron chi connectivity index (χ1n) is 12.1. The van der Waals surface area contributed by atoms with Gasteiger partial charge in [-0.15, -0.1) is 11.3 Å². The van der Waals surface area contributed by atoms with Crippen LogP contribution in [0.1, 0.15) is 55.4 Å². The largest absolute Gasteiger partial charge is 0.478 e. The Hall–Kier alpha value is -2.61. The van der Waals surface area contributed by atoms with Crippen molar-refractivity contribution in [2.75, 3.05) is 11.9 Å². The zero-order valence-electron chi connectivity index (χ0n) is 21.6. The highest BCUT2D eigenvalue weighted by atomic mass is 35.5. The molecule has 9 heteroatoms. The molecule has 0 aliphatic heterocycles. The Bertz CT molecular complexity index is 1270. The number of hydrogen-bond acceptors (Lipinski definition) is 6. The minimum atomic E-state index is -1.01. The van der Waals surface area contributed by atoms with E-state index in [0.29, 0.717) is 27.5 Å². The molecule has 0 aliphatic rings. The summed E-state index contributed by atoms with van der Waals surface area (Å²) in [7, 11) is 0. The minimum Gasteiger partial charge on any atom is -0.478 e. The number of anilines is 1. The summed E-state index contributed by atoms with van der Waals surface area (Å²) in [5.74, 6) is -1.49. The van der Waals surface area contributed by atoms with Crippen molar-refractivity contribution in [2.24, 2.45) is 11.8 Å². The summed E-state index contributed by atoms with van der Waals surface area (Å²) < 4.78 is 5.67. The molecule has 1 atom stereocenters. The highest BCUT2D eigenvalue weighted by Gasteiger charge is 2.26. The molecule has 3 rings (SSSR count). The summed E-state index contributed by atoms with van der Waals surface area (Å²) in [5.41, 5.74) is 1.99. The van der Waals surface area contributed by atoms with Crippen LogP contribution in [0.4, 0.5) is 5.13 Å². The molecule has 6 nitrogen and oxygen atoms in total. The molecule has 0 radical (unpaired) electrons. The molecule has 0 amide bonds. The van der Waals surface area contributed by atoms with Gasteiger partial charge in [-0.1, -0.05) is 55.2 Å². The number of aromatic nitrogens is 1. The Balaban J connectivity index is 1.87. The van der Waals surface area contributed by atoms with E-state index in [2.05, 4.69) is 19.2 Å². The lowest BCUT2D eigenvalue weighted by Gasteiger charge is -2.24. The van der Waals surface area contributed by atoms with E-state index in [1.165, 1.54) is 6.07 Å². The van der Waals surface area contributed by atoms with E-state index in [0.717, 1.165) is 28.1 Å². The number of halogens is 2. The summed E-state index contributed by atoms with van der Waals surface area (Å²) in [6.45, 7) is 10.0. The summed E-state index contributed by atoms with van der Waals surface area (Å²) in [4.78, 5) is 30.4. The van der Waals surface area contributed by atoms with Gasteiger partial charge in [-0.05, 0) is 69.4 Å². The maximum absolute atomic E-state index is 13.1. The molecular formula is C28H32Cl2N2O4S. The van der Waals surface area contributed by atoms with Crippen LogP contribution in [-0.4, -0.2) is 34.2 Å². The maximum atomic E-state index is 13.1. The second-order valence-corrected chi connectivity index (χ2v) is 12.2. The average Bonchev–Trinajstić information content (AvgIpc) is 3.19. The van der Waals surface area contributed by atoms with E-state index in [1.807, 2.05) is 39.0 Å². The number of rotatable bonds is 10. The smallest absolute Gasteiger partial charge is 0.335 e. The average molecular weight is 564 g/mol. The second kappa shape index (κ2) is 12.3. The number of benzene rings is 2. The SMILES string of the molecule is CC(C)Cc1sc(NCC(Cc2cccc(C(=O)O)c2)C(=O)OC(C)(C)C)nc1-c1ccc(Cl)c(Cl)c1. The van der Waals surface area contributed by atoms with Gasteiger partial charge in [0.15, 0.2) is 5.13 Å². The Morgan fingerprint density at radius 1 is 1.08 bits per heavy atom. The molecule has 1 aromatic heterocycles. The summed E-state index contributed by atoms with van der Waals surface area (Å²) in [6.07, 6.45) is 1.17. The first kappa shape index (κ1) is 29.0. The van der Waals surface area contributed by atoms with Crippen LogP contribution in [-0.2, 0) is 22.4 Å². The third kappa shape index (κ3) is 8.45. The molecule has 3 aromatic rings. The third-order valence-electron chi connectivity index (χ3n) is 5.38. The third-order valence-corrected chi connectivity index (χ3v) is 7.15. The van der Waals surface area contributed by atoms with Gasteiger partial charge in [-0.2, -0.15) is 0 Å². The van der Waals surface area contributed by atoms with E-state index < -0.39 is 17.5 Å². The molecule has 2 N–H and O–H groups in total. The Morgan fingerprint density at radius 3 is 2.43 bits per heavy atom. The highest BCUT2D eigenvalue weighted by molar-refractivity contribution is 7.16. The predicted molar refractivity (Wildman–Crippen MR) is 151 cm³/mol. The van der Waals surface area contributed by atoms with Gasteiger partial charge >= 0.3 is 11.9 Å². The maximum Gasteiger partial charge on any atom is 0.335 e. The van der Waals surface area contributed by atoms with Crippen molar-refractivity contribution in [1.82, 2.24) is 4.98 Å². The van der Waals surface area contributed by atoms with Crippen LogP contribution in [0.2, 0.25) is 10.0 Å². The van der Waals surface area contributed by atoms with Gasteiger partial charge in [0.2, 0.25) is 0 Å². The van der Waals surface area contributed by atoms with Crippen LogP contribution in [0, 0.1) is 11.8 Å². The predicted octanol–water partition coefficient (Wildman–Crippen LogP) is 7.63. The lowest BCUT2D eigenvalue weighted by atomic mass is 9.97. The lowest BCUT2D eigenvalue weighted by Crippen LogP contribution is -2.33. The zero-order valence-corrected chi connectivity index (χ0v) is 23.9. The van der Waals surface area contributed by atoms with E-state index >= 15 is 0 Å². The van der Waals surface area contributed by atoms with Gasteiger partial charge in [-0.25, -0.2) is 9.78 Å². The number of thiazole rings is 1. The van der Waals surface area contributed by atoms with Gasteiger partial charge in [0.1, 0.15) is 5.60 Å². The number of hydrogen-bond donors (Lipinski definition) is 2. The molecule has 1 heterocycles. The number of nitrogens with zero attached hydrogens (tertiary/aromatic N) is 1. The van der Waals surface area contributed by atoms with Crippen LogP contribution >= 0.6 is 34.5 Å². The van der Waals surface area contributed by atoms with Crippen molar-refractivity contribution < 1.29 is 19.4 Å². The van der Waals surface area contributed by atoms with Crippen molar-refractivity contribution in [1.29, 1.82) is 0 Å². The number of carboxylic acid groups (broad SMARTS) is 1. The Morgan fingerprint density at radius 2 is 1.81 bits per heavy atom. The molecule has 0 spiro atoms. The summed E-state index contributed by atoms with van der Waals surface area (Å²) in [5, 5.41) is 14.3. The topological polar surface area (TPSA) is 88.5 Å². The number of nitrogens with one attached hydrogen (secondary N) is 1. The normalized spacial score (nSPS) is 12.4. The van der Waals surface area contributed by atoms with Gasteiger partial charge in [0, 0.05) is 17.0 Å². The van der Waals surface area contributed by atoms with E-state index in [1.54, 1.807) is 29.5 Å². The van der Waals surface area contributed by atoms with Crippen LogP contribution in [0.5, 0.6) is 0 Å². The fourth-order valence-corrected chi connectivity index (χ4v) is 5.26. The van der Waals surface area contributed by atoms with Crippen LogP contribution < -0.4 is 5.32 Å². The van der Waals surface area contributed by atoms with Crippen LogP contribution in [0.15, 0.2) is 42.5 Å². The standard InChI is InChI=1S/C28H32Cl2N2O4S/c1-16(2)11-23-24(18-9-10-21(29)22(30)14-18)32-27(37-23)31-15-20(26(35)36-28(3,4)5)13-17-7-6-8-19(12-17)25(33)34/h6-10,12,14,16,20H,11,13,15H2,1-5H3,(H,31,32)(H,33,34). The first-order chi connectivity index (χ1) is 17.3. The summed E-state index contributed by atoms with van der Waals surface area (Å²) in [6, 6.07) is 12.1. The molecule has 198 valence electrons. The van der Waals surface area contributed by atoms with E-state index in [9.17, 15) is 14.7 Å². The summed E-state index contributed by atoms with van der Waals surface area (Å²) >= 11 is 13.9. The van der Waals surface area contributed by atoms with Gasteiger partial charge in [0.05, 0.1) is 27.2 Å². The van der Waals surface area contributed by atoms with Crippen molar-refractivity contribution in [3.05, 3.63) is 68.5 Å². The van der Waals surface area contributed by atoms with Crippen molar-refractivity contribution >= 4 is 51.6 Å². The molecule has 0 fully saturated rings. The molecule has 0 bridgehead atoms. The second-order valence-electron chi connectivity index (χ2n) is 10.3. The molecular weight excluding hydrogens is 531 g/mol. The highest BCUT2D eigenvalue weighted by Crippen LogP contribution is 2.36. The van der Waals surface area contributed by atoms with E-state index in [-0.39, 0.29) is 18.1 Å². The van der Waals surface area contributed by atoms with Crippen molar-refractivity contribution in [3.8, 4) is 11.3 Å². The van der Waals surface area contributed by atoms with Crippen LogP contribution in [0.3, 0.4) is 0 Å². The van der Waals surface area contributed by atoms with Crippen LogP contribution in [0.25, 0.3) is 11.3 Å². The number of carbonyl (C=O) groups is 2. The lowest BCUT2D eigenvalue weighted by molar-refractivity contribution is -0.159. The Kier molecular flexibility index (Phi) is 9.62.